The maximum absolute atomic E-state index is 9.91. The molecule has 2 aliphatic rings. The minimum absolute atomic E-state index is 0.303. The SMILES string of the molecule is OB(O)c1ccc2c3c1oc1cccc(c13)C2(c1ccccc1)c1ccccc1.c1ccc(C2(c3ccccc3)c3cccc4oc5cccc2c5c34)cc1. The molecule has 0 aliphatic heterocycles. The molecule has 0 unspecified atom stereocenters. The van der Waals surface area contributed by atoms with Crippen molar-refractivity contribution in [2.75, 3.05) is 0 Å². The van der Waals surface area contributed by atoms with Crippen molar-refractivity contribution in [3.05, 3.63) is 233 Å². The molecule has 2 aromatic heterocycles. The van der Waals surface area contributed by atoms with E-state index in [9.17, 15) is 10.0 Å². The summed E-state index contributed by atoms with van der Waals surface area (Å²) in [7, 11) is -1.59. The van der Waals surface area contributed by atoms with Crippen molar-refractivity contribution < 1.29 is 18.9 Å². The van der Waals surface area contributed by atoms with Crippen LogP contribution in [0.25, 0.3) is 43.9 Å². The fourth-order valence-electron chi connectivity index (χ4n) is 9.88. The molecule has 2 heterocycles. The third-order valence-corrected chi connectivity index (χ3v) is 11.9. The van der Waals surface area contributed by atoms with Crippen LogP contribution in [0.2, 0.25) is 0 Å². The maximum Gasteiger partial charge on any atom is 0.492 e. The molecule has 0 atom stereocenters. The number of hydrogen-bond donors (Lipinski definition) is 2. The van der Waals surface area contributed by atoms with E-state index in [4.69, 9.17) is 8.83 Å². The van der Waals surface area contributed by atoms with Gasteiger partial charge in [-0.15, -0.1) is 0 Å². The van der Waals surface area contributed by atoms with E-state index in [1.165, 1.54) is 44.2 Å². The lowest BCUT2D eigenvalue weighted by atomic mass is 9.66. The Morgan fingerprint density at radius 1 is 0.327 bits per heavy atom. The van der Waals surface area contributed by atoms with E-state index >= 15 is 0 Å². The Morgan fingerprint density at radius 3 is 1.05 bits per heavy atom. The molecule has 0 radical (unpaired) electrons. The van der Waals surface area contributed by atoms with E-state index in [2.05, 4.69) is 152 Å². The van der Waals surface area contributed by atoms with Crippen LogP contribution < -0.4 is 5.46 Å². The molecule has 2 aliphatic carbocycles. The van der Waals surface area contributed by atoms with E-state index in [0.29, 0.717) is 11.0 Å². The minimum Gasteiger partial charge on any atom is -0.456 e. The molecule has 0 bridgehead atoms. The predicted octanol–water partition coefficient (Wildman–Crippen LogP) is 10.2. The van der Waals surface area contributed by atoms with Crippen molar-refractivity contribution in [1.82, 2.24) is 0 Å². The molecule has 260 valence electrons. The highest BCUT2D eigenvalue weighted by molar-refractivity contribution is 6.62. The van der Waals surface area contributed by atoms with Gasteiger partial charge in [0, 0.05) is 27.0 Å². The summed E-state index contributed by atoms with van der Waals surface area (Å²) in [4.78, 5) is 0. The van der Waals surface area contributed by atoms with Crippen LogP contribution in [0.3, 0.4) is 0 Å². The molecule has 2 N–H and O–H groups in total. The van der Waals surface area contributed by atoms with Crippen LogP contribution in [0.15, 0.2) is 197 Å². The Kier molecular flexibility index (Phi) is 6.90. The van der Waals surface area contributed by atoms with Gasteiger partial charge in [-0.25, -0.2) is 0 Å². The van der Waals surface area contributed by atoms with E-state index < -0.39 is 12.5 Å². The molecule has 8 aromatic carbocycles. The molecule has 55 heavy (non-hydrogen) atoms. The summed E-state index contributed by atoms with van der Waals surface area (Å²) in [5.74, 6) is 0. The van der Waals surface area contributed by atoms with Crippen molar-refractivity contribution in [1.29, 1.82) is 0 Å². The van der Waals surface area contributed by atoms with Crippen molar-refractivity contribution in [3.63, 3.8) is 0 Å². The number of hydrogen-bond acceptors (Lipinski definition) is 4. The zero-order valence-electron chi connectivity index (χ0n) is 29.7. The third-order valence-electron chi connectivity index (χ3n) is 11.9. The second-order valence-electron chi connectivity index (χ2n) is 14.5. The predicted molar refractivity (Wildman–Crippen MR) is 221 cm³/mol. The van der Waals surface area contributed by atoms with Crippen LogP contribution in [0.5, 0.6) is 0 Å². The Balaban J connectivity index is 0.000000129. The van der Waals surface area contributed by atoms with Gasteiger partial charge in [-0.2, -0.15) is 0 Å². The van der Waals surface area contributed by atoms with Crippen LogP contribution in [0.1, 0.15) is 44.5 Å². The van der Waals surface area contributed by atoms with Crippen LogP contribution >= 0.6 is 0 Å². The van der Waals surface area contributed by atoms with Gasteiger partial charge in [0.15, 0.2) is 0 Å². The zero-order valence-corrected chi connectivity index (χ0v) is 29.7. The normalized spacial score (nSPS) is 14.3. The Hall–Kier alpha value is -6.66. The topological polar surface area (TPSA) is 66.7 Å². The van der Waals surface area contributed by atoms with Gasteiger partial charge in [0.1, 0.15) is 22.3 Å². The van der Waals surface area contributed by atoms with Crippen molar-refractivity contribution in [3.8, 4) is 0 Å². The standard InChI is InChI=1S/C25H17BO3.C25H16O/c27-26(28)20-15-14-19-23-22-18(12-7-13-21(22)29-24(20)23)25(19,16-8-3-1-4-9-16)17-10-5-2-6-11-17;1-3-9-17(10-4-1)25(18-11-5-2-6-12-18)19-13-7-15-21-23(19)24-20(25)14-8-16-22(24)26-21/h1-15,27-28H;1-16H. The summed E-state index contributed by atoms with van der Waals surface area (Å²) < 4.78 is 12.3. The lowest BCUT2D eigenvalue weighted by molar-refractivity contribution is 0.425. The lowest BCUT2D eigenvalue weighted by Gasteiger charge is -2.34. The molecule has 0 saturated carbocycles. The summed E-state index contributed by atoms with van der Waals surface area (Å²) in [6.45, 7) is 0. The summed E-state index contributed by atoms with van der Waals surface area (Å²) >= 11 is 0. The van der Waals surface area contributed by atoms with Gasteiger partial charge in [0.25, 0.3) is 0 Å². The number of rotatable bonds is 5. The molecule has 0 saturated heterocycles. The van der Waals surface area contributed by atoms with Crippen molar-refractivity contribution in [2.45, 2.75) is 10.8 Å². The number of furan rings is 2. The molecule has 0 spiro atoms. The molecule has 12 rings (SSSR count). The third kappa shape index (κ3) is 4.19. The quantitative estimate of drug-likeness (QED) is 0.175. The Morgan fingerprint density at radius 2 is 0.673 bits per heavy atom. The first-order valence-electron chi connectivity index (χ1n) is 18.7. The minimum atomic E-state index is -1.59. The fraction of sp³-hybridized carbons (Fsp3) is 0.0400. The first kappa shape index (κ1) is 31.8. The van der Waals surface area contributed by atoms with E-state index in [0.717, 1.165) is 38.6 Å². The summed E-state index contributed by atoms with van der Waals surface area (Å²) in [5.41, 5.74) is 12.7. The van der Waals surface area contributed by atoms with E-state index in [1.807, 2.05) is 30.3 Å². The molecule has 0 amide bonds. The highest BCUT2D eigenvalue weighted by Gasteiger charge is 2.48. The second-order valence-corrected chi connectivity index (χ2v) is 14.5. The van der Waals surface area contributed by atoms with Crippen LogP contribution in [-0.2, 0) is 10.8 Å². The van der Waals surface area contributed by atoms with E-state index in [-0.39, 0.29) is 5.41 Å². The lowest BCUT2D eigenvalue weighted by Crippen LogP contribution is -2.32. The molecular weight excluding hydrogens is 675 g/mol. The van der Waals surface area contributed by atoms with Gasteiger partial charge in [0.05, 0.1) is 10.8 Å². The summed E-state index contributed by atoms with van der Waals surface area (Å²) in [6, 6.07) is 65.5. The first-order valence-corrected chi connectivity index (χ1v) is 18.7. The fourth-order valence-corrected chi connectivity index (χ4v) is 9.88. The largest absolute Gasteiger partial charge is 0.492 e. The van der Waals surface area contributed by atoms with Gasteiger partial charge in [-0.1, -0.05) is 170 Å². The maximum atomic E-state index is 9.91. The second kappa shape index (κ2) is 11.9. The van der Waals surface area contributed by atoms with Gasteiger partial charge >= 0.3 is 7.12 Å². The van der Waals surface area contributed by atoms with Gasteiger partial charge < -0.3 is 18.9 Å². The van der Waals surface area contributed by atoms with Crippen LogP contribution in [0, 0.1) is 0 Å². The molecule has 10 aromatic rings. The molecule has 5 heteroatoms. The van der Waals surface area contributed by atoms with Gasteiger partial charge in [-0.05, 0) is 62.7 Å². The van der Waals surface area contributed by atoms with Crippen LogP contribution in [0.4, 0.5) is 0 Å². The highest BCUT2D eigenvalue weighted by Crippen LogP contribution is 2.58. The first-order chi connectivity index (χ1) is 27.1. The Labute approximate surface area is 317 Å². The highest BCUT2D eigenvalue weighted by atomic mass is 16.4. The number of benzene rings is 8. The van der Waals surface area contributed by atoms with Crippen molar-refractivity contribution >= 4 is 56.5 Å². The van der Waals surface area contributed by atoms with Crippen LogP contribution in [-0.4, -0.2) is 17.2 Å². The zero-order chi connectivity index (χ0) is 36.7. The molecule has 0 fully saturated rings. The van der Waals surface area contributed by atoms with E-state index in [1.54, 1.807) is 6.07 Å². The monoisotopic (exact) mass is 708 g/mol. The molecular formula is C50H33BO4. The average Bonchev–Trinajstić information content (AvgIpc) is 3.99. The Bertz CT molecular complexity index is 2920. The molecule has 4 nitrogen and oxygen atoms in total. The smallest absolute Gasteiger partial charge is 0.456 e. The summed E-state index contributed by atoms with van der Waals surface area (Å²) in [6.07, 6.45) is 0. The van der Waals surface area contributed by atoms with Crippen molar-refractivity contribution in [2.24, 2.45) is 0 Å². The van der Waals surface area contributed by atoms with Gasteiger partial charge in [-0.3, -0.25) is 0 Å². The van der Waals surface area contributed by atoms with Gasteiger partial charge in [0.2, 0.25) is 0 Å². The summed E-state index contributed by atoms with van der Waals surface area (Å²) in [5, 5.41) is 24.4. The average molecular weight is 709 g/mol.